The Labute approximate surface area is 201 Å². The van der Waals surface area contributed by atoms with Crippen LogP contribution in [0.3, 0.4) is 0 Å². The monoisotopic (exact) mass is 454 g/mol. The third kappa shape index (κ3) is 2.86. The lowest BCUT2D eigenvalue weighted by Gasteiger charge is -2.62. The van der Waals surface area contributed by atoms with Crippen LogP contribution in [0.2, 0.25) is 0 Å². The highest BCUT2D eigenvalue weighted by Gasteiger charge is 2.82. The molecule has 5 rings (SSSR count). The Bertz CT molecular complexity index is 900. The molecule has 0 bridgehead atoms. The van der Waals surface area contributed by atoms with Crippen molar-refractivity contribution in [2.75, 3.05) is 0 Å². The first-order valence-corrected chi connectivity index (χ1v) is 13.8. The number of carboxylic acids is 1. The summed E-state index contributed by atoms with van der Waals surface area (Å²) in [5.41, 5.74) is 2.14. The van der Waals surface area contributed by atoms with Gasteiger partial charge >= 0.3 is 5.97 Å². The van der Waals surface area contributed by atoms with Gasteiger partial charge in [-0.1, -0.05) is 40.7 Å². The van der Waals surface area contributed by atoms with E-state index in [0.29, 0.717) is 44.9 Å². The van der Waals surface area contributed by atoms with Crippen molar-refractivity contribution in [1.29, 1.82) is 0 Å². The second kappa shape index (κ2) is 7.20. The molecule has 5 fully saturated rings. The van der Waals surface area contributed by atoms with Crippen LogP contribution in [-0.4, -0.2) is 16.9 Å². The number of Topliss-reactive ketones (excluding diaryl/α,β-unsaturated/α-hetero) is 1. The van der Waals surface area contributed by atoms with Gasteiger partial charge in [-0.05, 0) is 116 Å². The molecular weight excluding hydrogens is 408 g/mol. The molecule has 0 saturated heterocycles. The molecule has 8 atom stereocenters. The zero-order valence-corrected chi connectivity index (χ0v) is 21.9. The summed E-state index contributed by atoms with van der Waals surface area (Å²) < 4.78 is 0. The quantitative estimate of drug-likeness (QED) is 0.439. The van der Waals surface area contributed by atoms with Gasteiger partial charge in [0, 0.05) is 17.4 Å². The largest absolute Gasteiger partial charge is 0.478 e. The van der Waals surface area contributed by atoms with E-state index in [1.807, 2.05) is 6.08 Å². The Hall–Kier alpha value is -1.12. The highest BCUT2D eigenvalue weighted by Crippen LogP contribution is 2.88. The highest BCUT2D eigenvalue weighted by atomic mass is 16.4. The molecule has 2 spiro atoms. The lowest BCUT2D eigenvalue weighted by atomic mass is 9.42. The van der Waals surface area contributed by atoms with Crippen LogP contribution in [0.25, 0.3) is 0 Å². The molecule has 33 heavy (non-hydrogen) atoms. The summed E-state index contributed by atoms with van der Waals surface area (Å²) in [5, 5.41) is 9.17. The molecule has 0 amide bonds. The van der Waals surface area contributed by atoms with Crippen molar-refractivity contribution in [3.8, 4) is 0 Å². The predicted octanol–water partition coefficient (Wildman–Crippen LogP) is 7.44. The van der Waals surface area contributed by atoms with E-state index in [1.165, 1.54) is 44.9 Å². The zero-order chi connectivity index (χ0) is 24.0. The fourth-order valence-electron chi connectivity index (χ4n) is 11.0. The number of carboxylic acid groups (broad SMARTS) is 1. The molecule has 5 aliphatic carbocycles. The minimum Gasteiger partial charge on any atom is -0.478 e. The zero-order valence-electron chi connectivity index (χ0n) is 21.9. The van der Waals surface area contributed by atoms with Crippen molar-refractivity contribution in [2.24, 2.45) is 50.7 Å². The lowest BCUT2D eigenvalue weighted by Crippen LogP contribution is -2.57. The van der Waals surface area contributed by atoms with Gasteiger partial charge in [-0.2, -0.15) is 0 Å². The van der Waals surface area contributed by atoms with Crippen LogP contribution in [0, 0.1) is 50.7 Å². The molecular formula is C30H46O3. The normalized spacial score (nSPS) is 48.8. The Morgan fingerprint density at radius 3 is 2.36 bits per heavy atom. The Morgan fingerprint density at radius 1 is 1.00 bits per heavy atom. The number of rotatable bonds is 5. The molecule has 3 nitrogen and oxygen atoms in total. The highest BCUT2D eigenvalue weighted by molar-refractivity contribution is 5.86. The van der Waals surface area contributed by atoms with E-state index in [1.54, 1.807) is 6.92 Å². The van der Waals surface area contributed by atoms with Gasteiger partial charge in [0.2, 0.25) is 0 Å². The van der Waals surface area contributed by atoms with Gasteiger partial charge in [0.05, 0.1) is 0 Å². The number of ketones is 1. The van der Waals surface area contributed by atoms with Crippen LogP contribution in [-0.2, 0) is 9.59 Å². The first-order valence-electron chi connectivity index (χ1n) is 13.8. The van der Waals surface area contributed by atoms with Crippen LogP contribution in [0.15, 0.2) is 11.6 Å². The number of aliphatic carboxylic acids is 1. The maximum absolute atomic E-state index is 12.8. The molecule has 0 heterocycles. The molecule has 3 heteroatoms. The molecule has 0 aromatic carbocycles. The summed E-state index contributed by atoms with van der Waals surface area (Å²) in [4.78, 5) is 24.0. The number of allylic oxidation sites excluding steroid dienone is 1. The van der Waals surface area contributed by atoms with Gasteiger partial charge < -0.3 is 5.11 Å². The molecule has 1 N–H and O–H groups in total. The van der Waals surface area contributed by atoms with Gasteiger partial charge in [0.1, 0.15) is 5.78 Å². The van der Waals surface area contributed by atoms with Crippen LogP contribution in [0.5, 0.6) is 0 Å². The maximum atomic E-state index is 12.8. The van der Waals surface area contributed by atoms with E-state index in [-0.39, 0.29) is 5.41 Å². The van der Waals surface area contributed by atoms with Crippen LogP contribution >= 0.6 is 0 Å². The molecule has 0 aromatic heterocycles. The molecule has 5 saturated carbocycles. The Morgan fingerprint density at radius 2 is 1.67 bits per heavy atom. The number of hydrogen-bond donors (Lipinski definition) is 1. The van der Waals surface area contributed by atoms with E-state index < -0.39 is 5.97 Å². The molecule has 0 aliphatic heterocycles. The first kappa shape index (κ1) is 23.6. The molecule has 0 aromatic rings. The van der Waals surface area contributed by atoms with Crippen LogP contribution in [0.4, 0.5) is 0 Å². The van der Waals surface area contributed by atoms with E-state index in [0.717, 1.165) is 37.5 Å². The van der Waals surface area contributed by atoms with Gasteiger partial charge in [-0.25, -0.2) is 4.79 Å². The molecule has 0 radical (unpaired) electrons. The summed E-state index contributed by atoms with van der Waals surface area (Å²) >= 11 is 0. The van der Waals surface area contributed by atoms with Crippen molar-refractivity contribution in [2.45, 2.75) is 112 Å². The van der Waals surface area contributed by atoms with Crippen molar-refractivity contribution in [3.05, 3.63) is 11.6 Å². The Kier molecular flexibility index (Phi) is 5.15. The second-order valence-corrected chi connectivity index (χ2v) is 14.0. The third-order valence-electron chi connectivity index (χ3n) is 13.0. The number of carbonyl (C=O) groups excluding carboxylic acids is 1. The average molecular weight is 455 g/mol. The van der Waals surface area contributed by atoms with Crippen molar-refractivity contribution < 1.29 is 14.7 Å². The number of carbonyl (C=O) groups is 2. The molecule has 184 valence electrons. The molecule has 5 aliphatic rings. The summed E-state index contributed by atoms with van der Waals surface area (Å²) in [7, 11) is 0. The maximum Gasteiger partial charge on any atom is 0.330 e. The minimum atomic E-state index is -0.790. The summed E-state index contributed by atoms with van der Waals surface area (Å²) in [6.45, 7) is 13.9. The average Bonchev–Trinajstić information content (AvgIpc) is 3.33. The predicted molar refractivity (Wildman–Crippen MR) is 132 cm³/mol. The van der Waals surface area contributed by atoms with Crippen molar-refractivity contribution in [3.63, 3.8) is 0 Å². The fraction of sp³-hybridized carbons (Fsp3) is 0.867. The summed E-state index contributed by atoms with van der Waals surface area (Å²) in [6, 6.07) is 0. The van der Waals surface area contributed by atoms with Crippen molar-refractivity contribution in [1.82, 2.24) is 0 Å². The smallest absolute Gasteiger partial charge is 0.330 e. The fourth-order valence-corrected chi connectivity index (χ4v) is 11.0. The van der Waals surface area contributed by atoms with Crippen LogP contribution in [0.1, 0.15) is 112 Å². The van der Waals surface area contributed by atoms with E-state index in [4.69, 9.17) is 5.11 Å². The standard InChI is InChI=1S/C30H46O3/c1-19(8-7-9-20(2)25(32)33)21-12-14-28(6)23-11-10-22-26(3,4)24(31)13-15-29(22)18-30(23,29)17-16-27(21,28)5/h9,19,21-23H,7-8,10-18H2,1-6H3,(H,32,33)/b20-9-/t19-,21-,22?,23+,27-,28+,29?,30?/m1/s1. The van der Waals surface area contributed by atoms with Crippen LogP contribution < -0.4 is 0 Å². The Balaban J connectivity index is 1.37. The van der Waals surface area contributed by atoms with Gasteiger partial charge in [-0.3, -0.25) is 4.79 Å². The van der Waals surface area contributed by atoms with E-state index in [9.17, 15) is 9.59 Å². The molecule has 3 unspecified atom stereocenters. The SMILES string of the molecule is C/C(=C/CC[C@@H](C)[C@H]1CC[C@@]2(C)[C@@H]3CCC4C(C)(C)C(=O)CCC45CC35CC[C@]12C)C(=O)O. The van der Waals surface area contributed by atoms with E-state index >= 15 is 0 Å². The van der Waals surface area contributed by atoms with Gasteiger partial charge in [0.25, 0.3) is 0 Å². The van der Waals surface area contributed by atoms with E-state index in [2.05, 4.69) is 34.6 Å². The van der Waals surface area contributed by atoms with Gasteiger partial charge in [-0.15, -0.1) is 0 Å². The minimum absolute atomic E-state index is 0.122. The summed E-state index contributed by atoms with van der Waals surface area (Å²) in [5.74, 6) is 2.55. The topological polar surface area (TPSA) is 54.4 Å². The van der Waals surface area contributed by atoms with Crippen molar-refractivity contribution >= 4 is 11.8 Å². The lowest BCUT2D eigenvalue weighted by molar-refractivity contribution is -0.157. The van der Waals surface area contributed by atoms with Gasteiger partial charge in [0.15, 0.2) is 0 Å². The third-order valence-corrected chi connectivity index (χ3v) is 13.0. The number of fused-ring (bicyclic) bond motifs is 2. The summed E-state index contributed by atoms with van der Waals surface area (Å²) in [6.07, 6.45) is 15.3. The number of hydrogen-bond acceptors (Lipinski definition) is 2. The first-order chi connectivity index (χ1) is 15.4. The second-order valence-electron chi connectivity index (χ2n) is 14.0.